The first-order valence-corrected chi connectivity index (χ1v) is 8.04. The molecule has 0 spiro atoms. The van der Waals surface area contributed by atoms with Crippen molar-refractivity contribution in [2.75, 3.05) is 30.9 Å². The van der Waals surface area contributed by atoms with Crippen LogP contribution in [0.25, 0.3) is 0 Å². The van der Waals surface area contributed by atoms with Gasteiger partial charge in [-0.3, -0.25) is 4.68 Å². The molecule has 0 saturated carbocycles. The van der Waals surface area contributed by atoms with Gasteiger partial charge in [-0.25, -0.2) is 9.78 Å². The van der Waals surface area contributed by atoms with Crippen molar-refractivity contribution in [2.45, 2.75) is 27.3 Å². The van der Waals surface area contributed by atoms with Crippen LogP contribution in [0.2, 0.25) is 0 Å². The van der Waals surface area contributed by atoms with E-state index in [2.05, 4.69) is 33.7 Å². The molecule has 0 fully saturated rings. The monoisotopic (exact) mass is 330 g/mol. The van der Waals surface area contributed by atoms with Gasteiger partial charge in [-0.15, -0.1) is 0 Å². The predicted molar refractivity (Wildman–Crippen MR) is 96.5 cm³/mol. The quantitative estimate of drug-likeness (QED) is 0.853. The van der Waals surface area contributed by atoms with Crippen LogP contribution in [0.5, 0.6) is 0 Å². The van der Waals surface area contributed by atoms with Crippen LogP contribution < -0.4 is 15.5 Å². The summed E-state index contributed by atoms with van der Waals surface area (Å²) in [6.07, 6.45) is 1.65. The van der Waals surface area contributed by atoms with Gasteiger partial charge in [0.25, 0.3) is 0 Å². The van der Waals surface area contributed by atoms with Gasteiger partial charge in [0.1, 0.15) is 5.82 Å². The Balaban J connectivity index is 1.79. The second-order valence-corrected chi connectivity index (χ2v) is 6.35. The topological polar surface area (TPSA) is 75.1 Å². The van der Waals surface area contributed by atoms with Gasteiger partial charge in [-0.2, -0.15) is 5.10 Å². The fourth-order valence-corrected chi connectivity index (χ4v) is 2.39. The van der Waals surface area contributed by atoms with Gasteiger partial charge in [0.2, 0.25) is 0 Å². The van der Waals surface area contributed by atoms with Gasteiger partial charge in [0.05, 0.1) is 17.6 Å². The van der Waals surface area contributed by atoms with Crippen LogP contribution in [-0.2, 0) is 6.54 Å². The van der Waals surface area contributed by atoms with Gasteiger partial charge in [0, 0.05) is 32.9 Å². The van der Waals surface area contributed by atoms with Crippen LogP contribution in [-0.4, -0.2) is 41.4 Å². The Bertz CT molecular complexity index is 677. The van der Waals surface area contributed by atoms with E-state index in [1.165, 1.54) is 0 Å². The minimum Gasteiger partial charge on any atom is -0.363 e. The number of rotatable bonds is 6. The predicted octanol–water partition coefficient (Wildman–Crippen LogP) is 2.42. The zero-order chi connectivity index (χ0) is 17.7. The Morgan fingerprint density at radius 1 is 1.33 bits per heavy atom. The smallest absolute Gasteiger partial charge is 0.319 e. The highest BCUT2D eigenvalue weighted by atomic mass is 16.2. The zero-order valence-corrected chi connectivity index (χ0v) is 15.0. The van der Waals surface area contributed by atoms with E-state index in [1.807, 2.05) is 49.7 Å². The summed E-state index contributed by atoms with van der Waals surface area (Å²) in [7, 11) is 3.85. The molecule has 2 aromatic rings. The van der Waals surface area contributed by atoms with Crippen molar-refractivity contribution in [1.82, 2.24) is 20.1 Å². The molecular formula is C17H26N6O. The summed E-state index contributed by atoms with van der Waals surface area (Å²) in [5.74, 6) is 1.13. The number of anilines is 2. The molecule has 0 unspecified atom stereocenters. The Morgan fingerprint density at radius 2 is 2.08 bits per heavy atom. The molecular weight excluding hydrogens is 304 g/mol. The molecule has 2 aromatic heterocycles. The molecule has 0 radical (unpaired) electrons. The molecule has 2 amide bonds. The molecule has 1 atom stereocenters. The van der Waals surface area contributed by atoms with Gasteiger partial charge < -0.3 is 15.5 Å². The number of carbonyl (C=O) groups excluding carboxylic acids is 1. The summed E-state index contributed by atoms with van der Waals surface area (Å²) < 4.78 is 1.98. The number of hydrogen-bond donors (Lipinski definition) is 2. The lowest BCUT2D eigenvalue weighted by Crippen LogP contribution is -2.33. The molecule has 2 N–H and O–H groups in total. The molecule has 2 rings (SSSR count). The molecule has 24 heavy (non-hydrogen) atoms. The third kappa shape index (κ3) is 4.97. The van der Waals surface area contributed by atoms with Crippen molar-refractivity contribution in [2.24, 2.45) is 5.92 Å². The number of aryl methyl sites for hydroxylation is 2. The first-order valence-electron chi connectivity index (χ1n) is 8.04. The molecule has 0 aliphatic heterocycles. The number of nitrogens with one attached hydrogen (secondary N) is 2. The fraction of sp³-hybridized carbons (Fsp3) is 0.471. The van der Waals surface area contributed by atoms with Crippen molar-refractivity contribution in [3.8, 4) is 0 Å². The summed E-state index contributed by atoms with van der Waals surface area (Å²) in [6, 6.07) is 5.52. The molecule has 0 aliphatic carbocycles. The van der Waals surface area contributed by atoms with E-state index in [-0.39, 0.29) is 11.9 Å². The van der Waals surface area contributed by atoms with E-state index >= 15 is 0 Å². The van der Waals surface area contributed by atoms with Crippen LogP contribution in [0, 0.1) is 19.8 Å². The standard InChI is InChI=1S/C17H26N6O/c1-12(11-23-14(3)8-13(2)21-23)9-19-17(24)20-15-6-7-16(18-10-15)22(4)5/h6-8,10,12H,9,11H2,1-5H3,(H2,19,20,24)/t12-/m1/s1. The Hall–Kier alpha value is -2.57. The van der Waals surface area contributed by atoms with Gasteiger partial charge >= 0.3 is 6.03 Å². The van der Waals surface area contributed by atoms with Crippen molar-refractivity contribution in [3.05, 3.63) is 35.8 Å². The van der Waals surface area contributed by atoms with Gasteiger partial charge in [-0.05, 0) is 38.0 Å². The van der Waals surface area contributed by atoms with E-state index in [9.17, 15) is 4.79 Å². The molecule has 7 heteroatoms. The van der Waals surface area contributed by atoms with Crippen molar-refractivity contribution >= 4 is 17.5 Å². The number of amides is 2. The summed E-state index contributed by atoms with van der Waals surface area (Å²) in [4.78, 5) is 18.1. The van der Waals surface area contributed by atoms with E-state index < -0.39 is 0 Å². The second-order valence-electron chi connectivity index (χ2n) is 6.35. The minimum atomic E-state index is -0.227. The number of urea groups is 1. The van der Waals surface area contributed by atoms with E-state index in [4.69, 9.17) is 0 Å². The largest absolute Gasteiger partial charge is 0.363 e. The van der Waals surface area contributed by atoms with E-state index in [0.717, 1.165) is 23.8 Å². The van der Waals surface area contributed by atoms with E-state index in [0.29, 0.717) is 12.2 Å². The first-order chi connectivity index (χ1) is 11.3. The minimum absolute atomic E-state index is 0.227. The number of hydrogen-bond acceptors (Lipinski definition) is 4. The summed E-state index contributed by atoms with van der Waals surface area (Å²) >= 11 is 0. The molecule has 0 bridgehead atoms. The first kappa shape index (κ1) is 17.8. The average Bonchev–Trinajstić information content (AvgIpc) is 2.83. The lowest BCUT2D eigenvalue weighted by molar-refractivity contribution is 0.249. The molecule has 130 valence electrons. The maximum absolute atomic E-state index is 12.0. The molecule has 2 heterocycles. The van der Waals surface area contributed by atoms with Crippen molar-refractivity contribution < 1.29 is 4.79 Å². The van der Waals surface area contributed by atoms with Crippen molar-refractivity contribution in [1.29, 1.82) is 0 Å². The summed E-state index contributed by atoms with van der Waals surface area (Å²) in [5.41, 5.74) is 2.82. The Morgan fingerprint density at radius 3 is 2.62 bits per heavy atom. The molecule has 7 nitrogen and oxygen atoms in total. The second kappa shape index (κ2) is 7.81. The van der Waals surface area contributed by atoms with Gasteiger partial charge in [-0.1, -0.05) is 6.92 Å². The highest BCUT2D eigenvalue weighted by Crippen LogP contribution is 2.11. The number of aromatic nitrogens is 3. The third-order valence-corrected chi connectivity index (χ3v) is 3.66. The number of carbonyl (C=O) groups is 1. The maximum Gasteiger partial charge on any atom is 0.319 e. The number of pyridine rings is 1. The Kier molecular flexibility index (Phi) is 5.78. The lowest BCUT2D eigenvalue weighted by Gasteiger charge is -2.15. The van der Waals surface area contributed by atoms with Crippen LogP contribution >= 0.6 is 0 Å². The fourth-order valence-electron chi connectivity index (χ4n) is 2.39. The average molecular weight is 330 g/mol. The van der Waals surface area contributed by atoms with Gasteiger partial charge in [0.15, 0.2) is 0 Å². The normalized spacial score (nSPS) is 11.9. The SMILES string of the molecule is Cc1cc(C)n(C[C@H](C)CNC(=O)Nc2ccc(N(C)C)nc2)n1. The Labute approximate surface area is 143 Å². The third-order valence-electron chi connectivity index (χ3n) is 3.66. The number of nitrogens with zero attached hydrogens (tertiary/aromatic N) is 4. The summed E-state index contributed by atoms with van der Waals surface area (Å²) in [5, 5.41) is 10.1. The van der Waals surface area contributed by atoms with Crippen molar-refractivity contribution in [3.63, 3.8) is 0 Å². The van der Waals surface area contributed by atoms with Crippen LogP contribution in [0.1, 0.15) is 18.3 Å². The zero-order valence-electron chi connectivity index (χ0n) is 15.0. The molecule has 0 saturated heterocycles. The highest BCUT2D eigenvalue weighted by Gasteiger charge is 2.09. The van der Waals surface area contributed by atoms with Crippen LogP contribution in [0.15, 0.2) is 24.4 Å². The highest BCUT2D eigenvalue weighted by molar-refractivity contribution is 5.89. The van der Waals surface area contributed by atoms with E-state index in [1.54, 1.807) is 6.20 Å². The molecule has 0 aromatic carbocycles. The summed E-state index contributed by atoms with van der Waals surface area (Å²) in [6.45, 7) is 7.46. The molecule has 0 aliphatic rings. The van der Waals surface area contributed by atoms with Crippen LogP contribution in [0.4, 0.5) is 16.3 Å². The maximum atomic E-state index is 12.0. The van der Waals surface area contributed by atoms with Crippen LogP contribution in [0.3, 0.4) is 0 Å². The lowest BCUT2D eigenvalue weighted by atomic mass is 10.2.